The summed E-state index contributed by atoms with van der Waals surface area (Å²) < 4.78 is 0. The minimum Gasteiger partial charge on any atom is -0.353 e. The zero-order valence-electron chi connectivity index (χ0n) is 17.5. The Morgan fingerprint density at radius 3 is 2.70 bits per heavy atom. The summed E-state index contributed by atoms with van der Waals surface area (Å²) >= 11 is 0. The highest BCUT2D eigenvalue weighted by Crippen LogP contribution is 2.63. The van der Waals surface area contributed by atoms with E-state index in [-0.39, 0.29) is 22.6 Å². The number of carbonyl (C=O) groups is 2. The van der Waals surface area contributed by atoms with Crippen molar-refractivity contribution in [2.75, 3.05) is 7.05 Å². The lowest BCUT2D eigenvalue weighted by Crippen LogP contribution is -2.60. The summed E-state index contributed by atoms with van der Waals surface area (Å²) in [6.07, 6.45) is 12.8. The molecule has 3 aliphatic carbocycles. The zero-order valence-corrected chi connectivity index (χ0v) is 17.5. The van der Waals surface area contributed by atoms with E-state index >= 15 is 0 Å². The smallest absolute Gasteiger partial charge is 0.246 e. The second kappa shape index (κ2) is 6.63. The quantitative estimate of drug-likeness (QED) is 0.816. The Hall–Kier alpha value is -1.32. The predicted octanol–water partition coefficient (Wildman–Crippen LogP) is 3.91. The van der Waals surface area contributed by atoms with Crippen molar-refractivity contribution < 1.29 is 9.59 Å². The SMILES string of the molecule is CCCC(=O)N[C@H]1CC[C@H]2[C@@H]3CC[C@H]4N(C)C(=O)C=C[C@]4(C)[C@H]3CC[C@]12C. The number of likely N-dealkylation sites (N-methyl/N-ethyl adjacent to an activating group) is 1. The van der Waals surface area contributed by atoms with Gasteiger partial charge in [0.25, 0.3) is 0 Å². The number of nitrogens with zero attached hydrogens (tertiary/aromatic N) is 1. The summed E-state index contributed by atoms with van der Waals surface area (Å²) in [7, 11) is 1.98. The Kier molecular flexibility index (Phi) is 4.67. The Balaban J connectivity index is 1.57. The van der Waals surface area contributed by atoms with Crippen molar-refractivity contribution in [3.63, 3.8) is 0 Å². The number of rotatable bonds is 3. The molecule has 2 amide bonds. The van der Waals surface area contributed by atoms with E-state index in [0.717, 1.165) is 25.2 Å². The average Bonchev–Trinajstić information content (AvgIpc) is 2.95. The molecule has 4 nitrogen and oxygen atoms in total. The van der Waals surface area contributed by atoms with Gasteiger partial charge in [-0.05, 0) is 74.2 Å². The van der Waals surface area contributed by atoms with Crippen LogP contribution in [-0.4, -0.2) is 35.8 Å². The fourth-order valence-corrected chi connectivity index (χ4v) is 7.47. The van der Waals surface area contributed by atoms with Crippen LogP contribution < -0.4 is 5.32 Å². The molecule has 0 spiro atoms. The fourth-order valence-electron chi connectivity index (χ4n) is 7.47. The molecule has 150 valence electrons. The van der Waals surface area contributed by atoms with Crippen LogP contribution in [0, 0.1) is 28.6 Å². The summed E-state index contributed by atoms with van der Waals surface area (Å²) in [6.45, 7) is 6.91. The zero-order chi connectivity index (χ0) is 19.4. The molecule has 0 radical (unpaired) electrons. The van der Waals surface area contributed by atoms with Gasteiger partial charge in [0.15, 0.2) is 0 Å². The summed E-state index contributed by atoms with van der Waals surface area (Å²) in [5.74, 6) is 2.49. The highest BCUT2D eigenvalue weighted by atomic mass is 16.2. The first-order valence-corrected chi connectivity index (χ1v) is 11.1. The Morgan fingerprint density at radius 1 is 1.19 bits per heavy atom. The molecule has 0 aromatic heterocycles. The predicted molar refractivity (Wildman–Crippen MR) is 107 cm³/mol. The number of nitrogens with one attached hydrogen (secondary N) is 1. The lowest BCUT2D eigenvalue weighted by Gasteiger charge is -2.60. The second-order valence-electron chi connectivity index (χ2n) is 10.1. The number of fused-ring (bicyclic) bond motifs is 5. The highest BCUT2D eigenvalue weighted by molar-refractivity contribution is 5.89. The van der Waals surface area contributed by atoms with E-state index in [2.05, 4.69) is 32.2 Å². The molecule has 0 aromatic carbocycles. The van der Waals surface area contributed by atoms with Crippen LogP contribution in [0.3, 0.4) is 0 Å². The molecular weight excluding hydrogens is 336 g/mol. The molecule has 4 rings (SSSR count). The fraction of sp³-hybridized carbons (Fsp3) is 0.826. The standard InChI is InChI=1S/C23H36N2O2/c1-5-6-20(26)24-18-9-8-16-15-7-10-19-23(3,14-12-21(27)25(19)4)17(15)11-13-22(16,18)2/h12,14-19H,5-11,13H2,1-4H3,(H,24,26)/t15-,16-,17-,18-,19+,22-,23+/m0/s1. The Labute approximate surface area is 164 Å². The summed E-state index contributed by atoms with van der Waals surface area (Å²) in [4.78, 5) is 26.4. The van der Waals surface area contributed by atoms with Gasteiger partial charge in [0.1, 0.15) is 0 Å². The van der Waals surface area contributed by atoms with Crippen molar-refractivity contribution in [2.45, 2.75) is 84.2 Å². The monoisotopic (exact) mass is 372 g/mol. The maximum Gasteiger partial charge on any atom is 0.246 e. The summed E-state index contributed by atoms with van der Waals surface area (Å²) in [6, 6.07) is 0.696. The molecule has 27 heavy (non-hydrogen) atoms. The lowest BCUT2D eigenvalue weighted by atomic mass is 9.48. The van der Waals surface area contributed by atoms with Crippen molar-refractivity contribution in [3.05, 3.63) is 12.2 Å². The van der Waals surface area contributed by atoms with Crippen LogP contribution >= 0.6 is 0 Å². The highest BCUT2D eigenvalue weighted by Gasteiger charge is 2.60. The molecule has 0 bridgehead atoms. The van der Waals surface area contributed by atoms with Gasteiger partial charge in [-0.3, -0.25) is 9.59 Å². The largest absolute Gasteiger partial charge is 0.353 e. The molecule has 4 aliphatic rings. The van der Waals surface area contributed by atoms with E-state index in [0.29, 0.717) is 30.3 Å². The first-order chi connectivity index (χ1) is 12.8. The van der Waals surface area contributed by atoms with Gasteiger partial charge >= 0.3 is 0 Å². The topological polar surface area (TPSA) is 49.4 Å². The molecule has 3 saturated carbocycles. The average molecular weight is 373 g/mol. The van der Waals surface area contributed by atoms with Crippen LogP contribution in [0.2, 0.25) is 0 Å². The van der Waals surface area contributed by atoms with Crippen molar-refractivity contribution in [2.24, 2.45) is 28.6 Å². The van der Waals surface area contributed by atoms with Gasteiger partial charge in [0.05, 0.1) is 0 Å². The van der Waals surface area contributed by atoms with E-state index in [1.54, 1.807) is 0 Å². The van der Waals surface area contributed by atoms with E-state index in [1.807, 2.05) is 18.0 Å². The molecule has 1 heterocycles. The molecule has 1 aliphatic heterocycles. The van der Waals surface area contributed by atoms with Crippen molar-refractivity contribution in [1.82, 2.24) is 10.2 Å². The Bertz CT molecular complexity index is 659. The molecule has 0 unspecified atom stereocenters. The summed E-state index contributed by atoms with van der Waals surface area (Å²) in [5, 5.41) is 3.39. The van der Waals surface area contributed by atoms with Gasteiger partial charge in [0.2, 0.25) is 11.8 Å². The van der Waals surface area contributed by atoms with Gasteiger partial charge in [-0.15, -0.1) is 0 Å². The van der Waals surface area contributed by atoms with Crippen molar-refractivity contribution >= 4 is 11.8 Å². The normalized spacial score (nSPS) is 45.9. The van der Waals surface area contributed by atoms with E-state index in [4.69, 9.17) is 0 Å². The van der Waals surface area contributed by atoms with E-state index < -0.39 is 0 Å². The third kappa shape index (κ3) is 2.77. The maximum atomic E-state index is 12.2. The third-order valence-electron chi connectivity index (χ3n) is 8.94. The van der Waals surface area contributed by atoms with Gasteiger partial charge in [0, 0.05) is 31.0 Å². The van der Waals surface area contributed by atoms with Crippen LogP contribution in [0.5, 0.6) is 0 Å². The van der Waals surface area contributed by atoms with Crippen molar-refractivity contribution in [1.29, 1.82) is 0 Å². The molecule has 4 heteroatoms. The van der Waals surface area contributed by atoms with Crippen LogP contribution in [0.4, 0.5) is 0 Å². The molecule has 0 saturated heterocycles. The molecule has 7 atom stereocenters. The molecule has 0 aromatic rings. The number of hydrogen-bond acceptors (Lipinski definition) is 2. The van der Waals surface area contributed by atoms with Crippen LogP contribution in [0.1, 0.15) is 72.1 Å². The van der Waals surface area contributed by atoms with Gasteiger partial charge in [-0.25, -0.2) is 0 Å². The van der Waals surface area contributed by atoms with E-state index in [9.17, 15) is 9.59 Å². The van der Waals surface area contributed by atoms with E-state index in [1.165, 1.54) is 25.7 Å². The second-order valence-corrected chi connectivity index (χ2v) is 10.1. The first-order valence-electron chi connectivity index (χ1n) is 11.1. The minimum atomic E-state index is 0.108. The van der Waals surface area contributed by atoms with Gasteiger partial charge < -0.3 is 10.2 Å². The number of amides is 2. The van der Waals surface area contributed by atoms with Crippen LogP contribution in [0.15, 0.2) is 12.2 Å². The van der Waals surface area contributed by atoms with Crippen molar-refractivity contribution in [3.8, 4) is 0 Å². The third-order valence-corrected chi connectivity index (χ3v) is 8.94. The van der Waals surface area contributed by atoms with Crippen LogP contribution in [0.25, 0.3) is 0 Å². The van der Waals surface area contributed by atoms with Gasteiger partial charge in [-0.1, -0.05) is 26.8 Å². The molecular formula is C23H36N2O2. The Morgan fingerprint density at radius 2 is 1.96 bits per heavy atom. The van der Waals surface area contributed by atoms with Crippen LogP contribution in [-0.2, 0) is 9.59 Å². The number of carbonyl (C=O) groups excluding carboxylic acids is 2. The number of hydrogen-bond donors (Lipinski definition) is 1. The summed E-state index contributed by atoms with van der Waals surface area (Å²) in [5.41, 5.74) is 0.352. The molecule has 3 fully saturated rings. The van der Waals surface area contributed by atoms with Gasteiger partial charge in [-0.2, -0.15) is 0 Å². The minimum absolute atomic E-state index is 0.108. The molecule has 1 N–H and O–H groups in total. The first kappa shape index (κ1) is 19.0. The maximum absolute atomic E-state index is 12.2. The lowest BCUT2D eigenvalue weighted by molar-refractivity contribution is -0.138.